The first-order chi connectivity index (χ1) is 12.5. The fourth-order valence-electron chi connectivity index (χ4n) is 2.13. The lowest BCUT2D eigenvalue weighted by atomic mass is 10.1. The second-order valence-corrected chi connectivity index (χ2v) is 6.39. The van der Waals surface area contributed by atoms with Gasteiger partial charge in [-0.05, 0) is 55.0 Å². The molecule has 0 saturated heterocycles. The molecule has 2 aromatic carbocycles. The number of anilines is 1. The molecule has 2 aromatic rings. The van der Waals surface area contributed by atoms with Gasteiger partial charge >= 0.3 is 0 Å². The summed E-state index contributed by atoms with van der Waals surface area (Å²) in [5.74, 6) is 0.0594. The van der Waals surface area contributed by atoms with Crippen LogP contribution in [-0.4, -0.2) is 12.5 Å². The van der Waals surface area contributed by atoms with Crippen LogP contribution >= 0.6 is 23.2 Å². The Hall–Kier alpha value is -2.48. The van der Waals surface area contributed by atoms with Crippen LogP contribution in [0.5, 0.6) is 5.75 Å². The van der Waals surface area contributed by atoms with E-state index < -0.39 is 5.91 Å². The Morgan fingerprint density at radius 3 is 2.54 bits per heavy atom. The number of carbonyl (C=O) groups is 1. The summed E-state index contributed by atoms with van der Waals surface area (Å²) < 4.78 is 5.73. The average Bonchev–Trinajstić information content (AvgIpc) is 2.63. The molecule has 0 aromatic heterocycles. The van der Waals surface area contributed by atoms with Gasteiger partial charge in [0.1, 0.15) is 17.4 Å². The molecule has 0 unspecified atom stereocenters. The Morgan fingerprint density at radius 2 is 1.88 bits per heavy atom. The maximum Gasteiger partial charge on any atom is 0.266 e. The molecule has 0 aliphatic heterocycles. The Morgan fingerprint density at radius 1 is 1.19 bits per heavy atom. The van der Waals surface area contributed by atoms with Gasteiger partial charge in [0, 0.05) is 21.3 Å². The third kappa shape index (κ3) is 5.80. The van der Waals surface area contributed by atoms with Crippen molar-refractivity contribution < 1.29 is 9.53 Å². The van der Waals surface area contributed by atoms with Crippen molar-refractivity contribution in [2.75, 3.05) is 11.9 Å². The molecule has 0 aliphatic carbocycles. The fraction of sp³-hybridized carbons (Fsp3) is 0.200. The number of rotatable bonds is 7. The van der Waals surface area contributed by atoms with Gasteiger partial charge in [-0.15, -0.1) is 0 Å². The SMILES string of the molecule is CCCCOc1ccc(Cl)cc1/C=C(/C#N)C(=O)Nc1ccc(Cl)cc1. The van der Waals surface area contributed by atoms with Crippen LogP contribution in [0, 0.1) is 11.3 Å². The third-order valence-electron chi connectivity index (χ3n) is 3.49. The summed E-state index contributed by atoms with van der Waals surface area (Å²) in [4.78, 5) is 12.4. The number of halogens is 2. The molecular formula is C20H18Cl2N2O2. The van der Waals surface area contributed by atoms with E-state index in [2.05, 4.69) is 12.2 Å². The van der Waals surface area contributed by atoms with E-state index in [9.17, 15) is 10.1 Å². The highest BCUT2D eigenvalue weighted by atomic mass is 35.5. The van der Waals surface area contributed by atoms with E-state index in [1.54, 1.807) is 42.5 Å². The quantitative estimate of drug-likeness (QED) is 0.374. The Bertz CT molecular complexity index is 840. The van der Waals surface area contributed by atoms with Gasteiger partial charge < -0.3 is 10.1 Å². The molecule has 1 amide bonds. The summed E-state index contributed by atoms with van der Waals surface area (Å²) in [6.45, 7) is 2.62. The number of nitrogens with zero attached hydrogens (tertiary/aromatic N) is 1. The van der Waals surface area contributed by atoms with Gasteiger partial charge in [-0.2, -0.15) is 5.26 Å². The van der Waals surface area contributed by atoms with Crippen LogP contribution in [0.4, 0.5) is 5.69 Å². The molecule has 0 heterocycles. The van der Waals surface area contributed by atoms with E-state index in [1.807, 2.05) is 6.07 Å². The maximum absolute atomic E-state index is 12.4. The van der Waals surface area contributed by atoms with Crippen molar-refractivity contribution >= 4 is 40.9 Å². The number of nitriles is 1. The molecule has 134 valence electrons. The van der Waals surface area contributed by atoms with Crippen LogP contribution < -0.4 is 10.1 Å². The minimum atomic E-state index is -0.519. The largest absolute Gasteiger partial charge is 0.493 e. The van der Waals surface area contributed by atoms with Crippen molar-refractivity contribution in [3.05, 3.63) is 63.6 Å². The number of hydrogen-bond acceptors (Lipinski definition) is 3. The molecule has 0 spiro atoms. The van der Waals surface area contributed by atoms with Crippen molar-refractivity contribution in [1.29, 1.82) is 5.26 Å². The van der Waals surface area contributed by atoms with Crippen LogP contribution in [0.15, 0.2) is 48.0 Å². The number of benzene rings is 2. The van der Waals surface area contributed by atoms with Gasteiger partial charge in [0.15, 0.2) is 0 Å². The number of hydrogen-bond donors (Lipinski definition) is 1. The summed E-state index contributed by atoms with van der Waals surface area (Å²) in [5.41, 5.74) is 1.07. The van der Waals surface area contributed by atoms with Crippen LogP contribution in [0.2, 0.25) is 10.0 Å². The van der Waals surface area contributed by atoms with Gasteiger partial charge in [0.05, 0.1) is 6.61 Å². The zero-order valence-corrected chi connectivity index (χ0v) is 15.8. The van der Waals surface area contributed by atoms with E-state index in [0.29, 0.717) is 33.7 Å². The van der Waals surface area contributed by atoms with Gasteiger partial charge in [-0.25, -0.2) is 0 Å². The number of nitrogens with one attached hydrogen (secondary N) is 1. The van der Waals surface area contributed by atoms with Crippen LogP contribution in [0.3, 0.4) is 0 Å². The summed E-state index contributed by atoms with van der Waals surface area (Å²) in [5, 5.41) is 13.1. The third-order valence-corrected chi connectivity index (χ3v) is 3.98. The lowest BCUT2D eigenvalue weighted by Gasteiger charge is -2.10. The zero-order valence-electron chi connectivity index (χ0n) is 14.3. The van der Waals surface area contributed by atoms with E-state index in [0.717, 1.165) is 12.8 Å². The Labute approximate surface area is 163 Å². The van der Waals surface area contributed by atoms with Crippen LogP contribution in [-0.2, 0) is 4.79 Å². The summed E-state index contributed by atoms with van der Waals surface area (Å²) in [7, 11) is 0. The number of ether oxygens (including phenoxy) is 1. The lowest BCUT2D eigenvalue weighted by Crippen LogP contribution is -2.13. The molecule has 2 rings (SSSR count). The fourth-order valence-corrected chi connectivity index (χ4v) is 2.43. The lowest BCUT2D eigenvalue weighted by molar-refractivity contribution is -0.112. The average molecular weight is 389 g/mol. The molecule has 0 saturated carbocycles. The molecular weight excluding hydrogens is 371 g/mol. The highest BCUT2D eigenvalue weighted by Gasteiger charge is 2.12. The predicted molar refractivity (Wildman–Crippen MR) is 106 cm³/mol. The summed E-state index contributed by atoms with van der Waals surface area (Å²) >= 11 is 11.9. The molecule has 0 atom stereocenters. The van der Waals surface area contributed by atoms with Gasteiger partial charge in [0.25, 0.3) is 5.91 Å². The number of unbranched alkanes of at least 4 members (excludes halogenated alkanes) is 1. The van der Waals surface area contributed by atoms with Crippen molar-refractivity contribution in [3.8, 4) is 11.8 Å². The minimum Gasteiger partial charge on any atom is -0.493 e. The molecule has 6 heteroatoms. The van der Waals surface area contributed by atoms with Gasteiger partial charge in [0.2, 0.25) is 0 Å². The Balaban J connectivity index is 2.24. The molecule has 0 aliphatic rings. The normalized spacial score (nSPS) is 10.9. The number of amides is 1. The van der Waals surface area contributed by atoms with Crippen LogP contribution in [0.1, 0.15) is 25.3 Å². The standard InChI is InChI=1S/C20H18Cl2N2O2/c1-2-3-10-26-19-9-6-17(22)12-14(19)11-15(13-23)20(25)24-18-7-4-16(21)5-8-18/h4-9,11-12H,2-3,10H2,1H3,(H,24,25)/b15-11-. The first-order valence-corrected chi connectivity index (χ1v) is 8.90. The van der Waals surface area contributed by atoms with E-state index in [4.69, 9.17) is 27.9 Å². The van der Waals surface area contributed by atoms with Crippen molar-refractivity contribution in [1.82, 2.24) is 0 Å². The monoisotopic (exact) mass is 388 g/mol. The molecule has 0 fully saturated rings. The van der Waals surface area contributed by atoms with Crippen molar-refractivity contribution in [3.63, 3.8) is 0 Å². The maximum atomic E-state index is 12.4. The second-order valence-electron chi connectivity index (χ2n) is 5.51. The van der Waals surface area contributed by atoms with Crippen molar-refractivity contribution in [2.45, 2.75) is 19.8 Å². The molecule has 26 heavy (non-hydrogen) atoms. The highest BCUT2D eigenvalue weighted by Crippen LogP contribution is 2.26. The minimum absolute atomic E-state index is 0.0532. The summed E-state index contributed by atoms with van der Waals surface area (Å²) in [6, 6.07) is 13.7. The molecule has 4 nitrogen and oxygen atoms in total. The van der Waals surface area contributed by atoms with Gasteiger partial charge in [-0.1, -0.05) is 36.5 Å². The van der Waals surface area contributed by atoms with Crippen molar-refractivity contribution in [2.24, 2.45) is 0 Å². The Kier molecular flexibility index (Phi) is 7.53. The first-order valence-electron chi connectivity index (χ1n) is 8.14. The highest BCUT2D eigenvalue weighted by molar-refractivity contribution is 6.31. The van der Waals surface area contributed by atoms with Gasteiger partial charge in [-0.3, -0.25) is 4.79 Å². The topological polar surface area (TPSA) is 62.1 Å². The second kappa shape index (κ2) is 9.86. The number of carbonyl (C=O) groups excluding carboxylic acids is 1. The molecule has 0 radical (unpaired) electrons. The smallest absolute Gasteiger partial charge is 0.266 e. The van der Waals surface area contributed by atoms with E-state index in [1.165, 1.54) is 6.08 Å². The van der Waals surface area contributed by atoms with E-state index >= 15 is 0 Å². The van der Waals surface area contributed by atoms with E-state index in [-0.39, 0.29) is 5.57 Å². The zero-order chi connectivity index (χ0) is 18.9. The van der Waals surface area contributed by atoms with Crippen LogP contribution in [0.25, 0.3) is 6.08 Å². The molecule has 1 N–H and O–H groups in total. The first kappa shape index (κ1) is 19.8. The predicted octanol–water partition coefficient (Wildman–Crippen LogP) is 5.72. The summed E-state index contributed by atoms with van der Waals surface area (Å²) in [6.07, 6.45) is 3.39. The molecule has 0 bridgehead atoms.